The lowest BCUT2D eigenvalue weighted by atomic mass is 10.0. The van der Waals surface area contributed by atoms with Crippen molar-refractivity contribution in [2.24, 2.45) is 0 Å². The highest BCUT2D eigenvalue weighted by Crippen LogP contribution is 2.19. The number of nitro groups is 1. The van der Waals surface area contributed by atoms with Crippen LogP contribution in [0.2, 0.25) is 0 Å². The van der Waals surface area contributed by atoms with Gasteiger partial charge in [0.25, 0.3) is 12.2 Å². The van der Waals surface area contributed by atoms with Gasteiger partial charge in [0, 0.05) is 36.2 Å². The number of aromatic nitrogens is 1. The predicted molar refractivity (Wildman–Crippen MR) is 89.7 cm³/mol. The molecule has 3 rings (SSSR count). The van der Waals surface area contributed by atoms with E-state index in [0.29, 0.717) is 19.3 Å². The number of nitro benzene ring substituents is 1. The normalized spacial score (nSPS) is 12.0. The van der Waals surface area contributed by atoms with Gasteiger partial charge in [-0.25, -0.2) is 0 Å². The third-order valence-electron chi connectivity index (χ3n) is 3.89. The molecule has 2 aromatic carbocycles. The zero-order valence-corrected chi connectivity index (χ0v) is 12.8. The molecular weight excluding hydrogens is 308 g/mol. The van der Waals surface area contributed by atoms with Crippen molar-refractivity contribution in [3.05, 3.63) is 76.0 Å². The molecule has 1 heterocycles. The second-order valence-corrected chi connectivity index (χ2v) is 5.57. The van der Waals surface area contributed by atoms with Crippen LogP contribution in [0.1, 0.15) is 11.3 Å². The van der Waals surface area contributed by atoms with E-state index in [9.17, 15) is 14.9 Å². The molecule has 0 fully saturated rings. The molecule has 0 saturated carbocycles. The highest BCUT2D eigenvalue weighted by molar-refractivity contribution is 5.80. The molecule has 0 radical (unpaired) electrons. The number of para-hydroxylation sites is 1. The lowest BCUT2D eigenvalue weighted by molar-refractivity contribution is -0.384. The topological polar surface area (TPSA) is 85.2 Å². The molecule has 0 aliphatic carbocycles. The van der Waals surface area contributed by atoms with Crippen LogP contribution in [0, 0.1) is 10.1 Å². The van der Waals surface area contributed by atoms with Crippen molar-refractivity contribution in [3.8, 4) is 0 Å². The van der Waals surface area contributed by atoms with Gasteiger partial charge in [-0.1, -0.05) is 30.3 Å². The highest BCUT2D eigenvalue weighted by atomic mass is 16.6. The van der Waals surface area contributed by atoms with Crippen molar-refractivity contribution in [2.75, 3.05) is 0 Å². The molecule has 0 amide bonds. The lowest BCUT2D eigenvalue weighted by Crippen LogP contribution is -2.18. The molecule has 6 nitrogen and oxygen atoms in total. The number of fused-ring (bicyclic) bond motifs is 1. The molecule has 1 aromatic heterocycles. The average molecular weight is 324 g/mol. The molecule has 0 bridgehead atoms. The summed E-state index contributed by atoms with van der Waals surface area (Å²) < 4.78 is 5.19. The largest absolute Gasteiger partial charge is 0.464 e. The van der Waals surface area contributed by atoms with Gasteiger partial charge in [0.2, 0.25) is 0 Å². The third kappa shape index (κ3) is 3.60. The molecule has 1 unspecified atom stereocenters. The molecule has 1 atom stereocenters. The first kappa shape index (κ1) is 15.7. The van der Waals surface area contributed by atoms with Crippen molar-refractivity contribution in [1.29, 1.82) is 0 Å². The Kier molecular flexibility index (Phi) is 4.56. The maximum absolute atomic E-state index is 10.8. The molecule has 0 aliphatic rings. The first-order chi connectivity index (χ1) is 11.7. The molecule has 122 valence electrons. The minimum Gasteiger partial charge on any atom is -0.464 e. The van der Waals surface area contributed by atoms with Crippen LogP contribution >= 0.6 is 0 Å². The number of carbonyl (C=O) groups is 1. The van der Waals surface area contributed by atoms with Crippen LogP contribution in [0.25, 0.3) is 10.9 Å². The second-order valence-electron chi connectivity index (χ2n) is 5.57. The summed E-state index contributed by atoms with van der Waals surface area (Å²) in [5.41, 5.74) is 2.93. The summed E-state index contributed by atoms with van der Waals surface area (Å²) in [4.78, 5) is 24.4. The third-order valence-corrected chi connectivity index (χ3v) is 3.89. The van der Waals surface area contributed by atoms with Crippen LogP contribution < -0.4 is 0 Å². The van der Waals surface area contributed by atoms with E-state index in [4.69, 9.17) is 4.74 Å². The van der Waals surface area contributed by atoms with Gasteiger partial charge >= 0.3 is 0 Å². The van der Waals surface area contributed by atoms with Gasteiger partial charge < -0.3 is 9.72 Å². The predicted octanol–water partition coefficient (Wildman–Crippen LogP) is 3.40. The van der Waals surface area contributed by atoms with Crippen molar-refractivity contribution < 1.29 is 14.5 Å². The number of hydrogen-bond acceptors (Lipinski definition) is 4. The molecule has 1 N–H and O–H groups in total. The van der Waals surface area contributed by atoms with Gasteiger partial charge in [0.05, 0.1) is 4.92 Å². The zero-order chi connectivity index (χ0) is 16.9. The van der Waals surface area contributed by atoms with E-state index < -0.39 is 4.92 Å². The van der Waals surface area contributed by atoms with Crippen molar-refractivity contribution in [2.45, 2.75) is 18.9 Å². The summed E-state index contributed by atoms with van der Waals surface area (Å²) in [5, 5.41) is 11.8. The fourth-order valence-corrected chi connectivity index (χ4v) is 2.75. The van der Waals surface area contributed by atoms with E-state index in [-0.39, 0.29) is 11.8 Å². The van der Waals surface area contributed by atoms with Crippen LogP contribution in [-0.4, -0.2) is 22.5 Å². The van der Waals surface area contributed by atoms with Crippen LogP contribution in [-0.2, 0) is 22.4 Å². The SMILES string of the molecule is O=COC(Cc1ccc([N+](=O)[O-])cc1)Cc1cc2ccccc2[nH]1. The number of nitrogens with one attached hydrogen (secondary N) is 1. The molecule has 0 saturated heterocycles. The van der Waals surface area contributed by atoms with Crippen molar-refractivity contribution in [3.63, 3.8) is 0 Å². The summed E-state index contributed by atoms with van der Waals surface area (Å²) in [7, 11) is 0. The number of rotatable bonds is 7. The Morgan fingerprint density at radius 3 is 2.54 bits per heavy atom. The molecule has 0 spiro atoms. The maximum Gasteiger partial charge on any atom is 0.293 e. The summed E-state index contributed by atoms with van der Waals surface area (Å²) in [6, 6.07) is 16.2. The number of H-pyrrole nitrogens is 1. The van der Waals surface area contributed by atoms with E-state index in [1.165, 1.54) is 12.1 Å². The van der Waals surface area contributed by atoms with E-state index in [0.717, 1.165) is 22.2 Å². The van der Waals surface area contributed by atoms with Crippen LogP contribution in [0.3, 0.4) is 0 Å². The molecule has 24 heavy (non-hydrogen) atoms. The number of ether oxygens (including phenoxy) is 1. The second kappa shape index (κ2) is 6.95. The van der Waals surface area contributed by atoms with E-state index in [1.54, 1.807) is 12.1 Å². The maximum atomic E-state index is 10.8. The minimum atomic E-state index is -0.437. The first-order valence-corrected chi connectivity index (χ1v) is 7.55. The fraction of sp³-hybridized carbons (Fsp3) is 0.167. The van der Waals surface area contributed by atoms with Crippen LogP contribution in [0.5, 0.6) is 0 Å². The Morgan fingerprint density at radius 2 is 1.88 bits per heavy atom. The summed E-state index contributed by atoms with van der Waals surface area (Å²) >= 11 is 0. The first-order valence-electron chi connectivity index (χ1n) is 7.55. The number of benzene rings is 2. The van der Waals surface area contributed by atoms with E-state index >= 15 is 0 Å². The standard InChI is InChI=1S/C18H16N2O4/c21-12-24-17(9-13-5-7-16(8-6-13)20(22)23)11-15-10-14-3-1-2-4-18(14)19-15/h1-8,10,12,17,19H,9,11H2. The molecule has 3 aromatic rings. The van der Waals surface area contributed by atoms with Gasteiger partial charge in [0.1, 0.15) is 6.10 Å². The number of carbonyl (C=O) groups excluding carboxylic acids is 1. The van der Waals surface area contributed by atoms with Crippen molar-refractivity contribution >= 4 is 23.1 Å². The van der Waals surface area contributed by atoms with Gasteiger partial charge in [-0.15, -0.1) is 0 Å². The highest BCUT2D eigenvalue weighted by Gasteiger charge is 2.14. The number of nitrogens with zero attached hydrogens (tertiary/aromatic N) is 1. The quantitative estimate of drug-likeness (QED) is 0.410. The Bertz CT molecular complexity index is 822. The van der Waals surface area contributed by atoms with E-state index in [2.05, 4.69) is 4.98 Å². The molecule has 0 aliphatic heterocycles. The zero-order valence-electron chi connectivity index (χ0n) is 12.8. The lowest BCUT2D eigenvalue weighted by Gasteiger charge is -2.14. The van der Waals surface area contributed by atoms with Crippen LogP contribution in [0.4, 0.5) is 5.69 Å². The van der Waals surface area contributed by atoms with Gasteiger partial charge in [-0.2, -0.15) is 0 Å². The smallest absolute Gasteiger partial charge is 0.293 e. The Hall–Kier alpha value is -3.15. The van der Waals surface area contributed by atoms with E-state index in [1.807, 2.05) is 30.3 Å². The van der Waals surface area contributed by atoms with Gasteiger partial charge in [-0.3, -0.25) is 14.9 Å². The monoisotopic (exact) mass is 324 g/mol. The van der Waals surface area contributed by atoms with Gasteiger partial charge in [0.15, 0.2) is 0 Å². The number of non-ortho nitro benzene ring substituents is 1. The molecular formula is C18H16N2O4. The number of hydrogen-bond donors (Lipinski definition) is 1. The Balaban J connectivity index is 1.74. The van der Waals surface area contributed by atoms with Gasteiger partial charge in [-0.05, 0) is 23.1 Å². The summed E-state index contributed by atoms with van der Waals surface area (Å²) in [6.45, 7) is 0.443. The summed E-state index contributed by atoms with van der Waals surface area (Å²) in [6.07, 6.45) is 0.702. The minimum absolute atomic E-state index is 0.0437. The number of aromatic amines is 1. The average Bonchev–Trinajstić information content (AvgIpc) is 2.97. The fourth-order valence-electron chi connectivity index (χ4n) is 2.75. The van der Waals surface area contributed by atoms with Crippen molar-refractivity contribution in [1.82, 2.24) is 4.98 Å². The Labute approximate surface area is 138 Å². The summed E-state index contributed by atoms with van der Waals surface area (Å²) in [5.74, 6) is 0. The van der Waals surface area contributed by atoms with Crippen LogP contribution in [0.15, 0.2) is 54.6 Å². The Morgan fingerprint density at radius 1 is 1.12 bits per heavy atom. The molecule has 6 heteroatoms.